The molecule has 0 radical (unpaired) electrons. The summed E-state index contributed by atoms with van der Waals surface area (Å²) in [5.41, 5.74) is 0. The van der Waals surface area contributed by atoms with Gasteiger partial charge >= 0.3 is 50.1 Å². The molecule has 20 heteroatoms. The number of hydrogen-bond donors (Lipinski definition) is 2. The van der Waals surface area contributed by atoms with Crippen LogP contribution in [0.4, 0.5) is 57.1 Å². The summed E-state index contributed by atoms with van der Waals surface area (Å²) < 4.78 is 182. The van der Waals surface area contributed by atoms with Gasteiger partial charge in [0.2, 0.25) is 0 Å². The van der Waals surface area contributed by atoms with Crippen molar-refractivity contribution in [2.45, 2.75) is 30.2 Å². The summed E-state index contributed by atoms with van der Waals surface area (Å²) in [4.78, 5) is 16.1. The summed E-state index contributed by atoms with van der Waals surface area (Å²) in [7, 11) is -5.97. The second kappa shape index (κ2) is 7.85. The van der Waals surface area contributed by atoms with Gasteiger partial charge in [-0.05, 0) is 0 Å². The highest BCUT2D eigenvalue weighted by molar-refractivity contribution is 7.46. The smallest absolute Gasteiger partial charge is 0.398 e. The first-order chi connectivity index (χ1) is 12.0. The van der Waals surface area contributed by atoms with Gasteiger partial charge in [-0.15, -0.1) is 0 Å². The lowest BCUT2D eigenvalue weighted by Gasteiger charge is -2.37. The van der Waals surface area contributed by atoms with E-state index in [-0.39, 0.29) is 0 Å². The molecule has 28 heavy (non-hydrogen) atoms. The molecule has 1 unspecified atom stereocenters. The van der Waals surface area contributed by atoms with Crippen molar-refractivity contribution in [1.82, 2.24) is 0 Å². The number of rotatable bonds is 9. The molecule has 0 aromatic carbocycles. The van der Waals surface area contributed by atoms with Gasteiger partial charge in [0.15, 0.2) is 0 Å². The highest BCUT2D eigenvalue weighted by atomic mass is 31.2. The summed E-state index contributed by atoms with van der Waals surface area (Å²) in [6, 6.07) is -3.90. The van der Waals surface area contributed by atoms with E-state index in [0.717, 1.165) is 0 Å². The van der Waals surface area contributed by atoms with Crippen molar-refractivity contribution in [2.24, 2.45) is 0 Å². The summed E-state index contributed by atoms with van der Waals surface area (Å²) >= 11 is 0. The molecule has 0 rings (SSSR count). The first kappa shape index (κ1) is 26.7. The van der Waals surface area contributed by atoms with Crippen LogP contribution in [-0.4, -0.2) is 46.6 Å². The third-order valence-corrected chi connectivity index (χ3v) is 2.68. The number of ether oxygens (including phenoxy) is 2. The van der Waals surface area contributed by atoms with E-state index in [9.17, 15) is 61.6 Å². The van der Waals surface area contributed by atoms with E-state index >= 15 is 0 Å². The van der Waals surface area contributed by atoms with E-state index in [1.807, 2.05) is 4.74 Å². The van der Waals surface area contributed by atoms with Crippen LogP contribution in [0.1, 0.15) is 0 Å². The van der Waals surface area contributed by atoms with E-state index in [1.54, 1.807) is 4.74 Å². The van der Waals surface area contributed by atoms with Gasteiger partial charge in [0, 0.05) is 0 Å². The second-order valence-corrected chi connectivity index (χ2v) is 5.57. The molecule has 168 valence electrons. The fourth-order valence-electron chi connectivity index (χ4n) is 0.999. The maximum absolute atomic E-state index is 13.5. The van der Waals surface area contributed by atoms with Crippen molar-refractivity contribution in [3.63, 3.8) is 0 Å². The van der Waals surface area contributed by atoms with Crippen LogP contribution >= 0.6 is 7.82 Å². The van der Waals surface area contributed by atoms with Crippen LogP contribution < -0.4 is 0 Å². The fourth-order valence-corrected chi connectivity index (χ4v) is 1.33. The lowest BCUT2D eigenvalue weighted by Crippen LogP contribution is -2.63. The molecular formula is C8H4F13O6P. The molecule has 2 N–H and O–H groups in total. The molecule has 0 aromatic rings. The minimum absolute atomic E-state index is 1.75. The predicted octanol–water partition coefficient (Wildman–Crippen LogP) is 4.21. The number of alkyl halides is 10. The van der Waals surface area contributed by atoms with Gasteiger partial charge in [0.25, 0.3) is 0 Å². The molecule has 0 saturated heterocycles. The van der Waals surface area contributed by atoms with E-state index in [1.165, 1.54) is 0 Å². The number of phosphoric ester groups is 1. The van der Waals surface area contributed by atoms with Crippen LogP contribution in [0.2, 0.25) is 0 Å². The molecule has 1 atom stereocenters. The molecular weight excluding hydrogens is 470 g/mol. The molecule has 0 aliphatic rings. The molecule has 0 aromatic heterocycles. The molecule has 6 nitrogen and oxygen atoms in total. The van der Waals surface area contributed by atoms with Gasteiger partial charge in [-0.25, -0.2) is 4.57 Å². The van der Waals surface area contributed by atoms with Crippen LogP contribution in [0, 0.1) is 0 Å². The SMILES string of the molecule is O=P(O)(O)OCC(F)(F)C(F)(F)OC(F)(C(F)(F)F)C(F)(F)OC(F)=C(F)F. The first-order valence-corrected chi connectivity index (χ1v) is 7.21. The largest absolute Gasteiger partial charge is 0.471 e. The van der Waals surface area contributed by atoms with Crippen LogP contribution in [0.25, 0.3) is 0 Å². The minimum Gasteiger partial charge on any atom is -0.398 e. The summed E-state index contributed by atoms with van der Waals surface area (Å²) in [6.07, 6.45) is -25.5. The zero-order valence-corrected chi connectivity index (χ0v) is 13.0. The van der Waals surface area contributed by atoms with E-state index in [0.29, 0.717) is 0 Å². The number of phosphoric acid groups is 1. The maximum Gasteiger partial charge on any atom is 0.471 e. The molecule has 0 amide bonds. The Bertz CT molecular complexity index is 637. The standard InChI is InChI=1S/C8H4F13O6P/c9-2(10)3(11)26-8(20,21)5(14,6(15,16)17)27-7(18,19)4(12,13)1-25-28(22,23)24/h1H2,(H2,22,23,24). The maximum atomic E-state index is 13.5. The lowest BCUT2D eigenvalue weighted by atomic mass is 10.2. The van der Waals surface area contributed by atoms with Gasteiger partial charge in [0.05, 0.1) is 0 Å². The Hall–Kier alpha value is -1.30. The van der Waals surface area contributed by atoms with Crippen LogP contribution in [0.15, 0.2) is 12.1 Å². The van der Waals surface area contributed by atoms with Gasteiger partial charge < -0.3 is 14.5 Å². The Morgan fingerprint density at radius 2 is 1.25 bits per heavy atom. The van der Waals surface area contributed by atoms with Crippen molar-refractivity contribution in [1.29, 1.82) is 0 Å². The van der Waals surface area contributed by atoms with E-state index in [4.69, 9.17) is 9.79 Å². The Morgan fingerprint density at radius 3 is 1.57 bits per heavy atom. The van der Waals surface area contributed by atoms with Gasteiger partial charge in [-0.2, -0.15) is 57.1 Å². The van der Waals surface area contributed by atoms with Crippen molar-refractivity contribution in [3.05, 3.63) is 12.1 Å². The molecule has 0 heterocycles. The summed E-state index contributed by atoms with van der Waals surface area (Å²) in [6.45, 7) is -3.20. The van der Waals surface area contributed by atoms with Gasteiger partial charge in [0.1, 0.15) is 6.61 Å². The fraction of sp³-hybridized carbons (Fsp3) is 0.750. The third-order valence-electron chi connectivity index (χ3n) is 2.21. The van der Waals surface area contributed by atoms with Crippen LogP contribution in [-0.2, 0) is 18.6 Å². The number of hydrogen-bond acceptors (Lipinski definition) is 4. The van der Waals surface area contributed by atoms with Crippen molar-refractivity contribution < 1.29 is 85.4 Å². The Morgan fingerprint density at radius 1 is 0.821 bits per heavy atom. The Kier molecular flexibility index (Phi) is 7.48. The normalized spacial score (nSPS) is 16.5. The summed E-state index contributed by atoms with van der Waals surface area (Å²) in [5.74, 6) is -13.7. The lowest BCUT2D eigenvalue weighted by molar-refractivity contribution is -0.517. The second-order valence-electron chi connectivity index (χ2n) is 4.33. The Balaban J connectivity index is 6.06. The first-order valence-electron chi connectivity index (χ1n) is 5.68. The zero-order chi connectivity index (χ0) is 23.0. The van der Waals surface area contributed by atoms with E-state index in [2.05, 4.69) is 4.52 Å². The monoisotopic (exact) mass is 474 g/mol. The molecule has 0 saturated carbocycles. The highest BCUT2D eigenvalue weighted by Crippen LogP contribution is 2.53. The zero-order valence-electron chi connectivity index (χ0n) is 12.1. The van der Waals surface area contributed by atoms with Crippen LogP contribution in [0.5, 0.6) is 0 Å². The minimum atomic E-state index is -7.44. The average molecular weight is 474 g/mol. The molecule has 0 fully saturated rings. The summed E-state index contributed by atoms with van der Waals surface area (Å²) in [5, 5.41) is 0. The molecule has 0 bridgehead atoms. The van der Waals surface area contributed by atoms with Gasteiger partial charge in [-0.3, -0.25) is 9.26 Å². The molecule has 0 spiro atoms. The van der Waals surface area contributed by atoms with Crippen molar-refractivity contribution in [3.8, 4) is 0 Å². The third kappa shape index (κ3) is 6.10. The van der Waals surface area contributed by atoms with Crippen molar-refractivity contribution in [2.75, 3.05) is 6.61 Å². The van der Waals surface area contributed by atoms with Crippen molar-refractivity contribution >= 4 is 7.82 Å². The predicted molar refractivity (Wildman–Crippen MR) is 55.3 cm³/mol. The molecule has 0 aliphatic carbocycles. The van der Waals surface area contributed by atoms with Crippen LogP contribution in [0.3, 0.4) is 0 Å². The van der Waals surface area contributed by atoms with E-state index < -0.39 is 56.7 Å². The average Bonchev–Trinajstić information content (AvgIpc) is 2.41. The Labute approximate surface area is 143 Å². The quantitative estimate of drug-likeness (QED) is 0.296. The topological polar surface area (TPSA) is 85.2 Å². The highest BCUT2D eigenvalue weighted by Gasteiger charge is 2.81. The number of halogens is 13. The van der Waals surface area contributed by atoms with Gasteiger partial charge in [-0.1, -0.05) is 0 Å². The molecule has 0 aliphatic heterocycles.